The molecule has 108 valence electrons. The van der Waals surface area contributed by atoms with E-state index in [0.29, 0.717) is 13.1 Å². The lowest BCUT2D eigenvalue weighted by atomic mass is 10.1. The Bertz CT molecular complexity index is 479. The van der Waals surface area contributed by atoms with Crippen LogP contribution in [-0.2, 0) is 20.9 Å². The zero-order chi connectivity index (χ0) is 14.5. The minimum absolute atomic E-state index is 0.0596. The first kappa shape index (κ1) is 15.1. The number of amides is 1. The third-order valence-corrected chi connectivity index (χ3v) is 4.48. The first-order chi connectivity index (χ1) is 9.61. The van der Waals surface area contributed by atoms with E-state index in [0.717, 1.165) is 5.56 Å². The standard InChI is InChI=1S/C14H16INO4/c1-19-13(17)11-7-16(8-12(11)15)14(18)20-9-10-5-3-2-4-6-10/h2-6,11-12H,7-9H2,1H3. The van der Waals surface area contributed by atoms with Crippen LogP contribution in [0.15, 0.2) is 30.3 Å². The molecule has 0 N–H and O–H groups in total. The number of ether oxygens (including phenoxy) is 2. The molecule has 20 heavy (non-hydrogen) atoms. The number of hydrogen-bond donors (Lipinski definition) is 0. The van der Waals surface area contributed by atoms with Crippen molar-refractivity contribution in [2.75, 3.05) is 20.2 Å². The Morgan fingerprint density at radius 3 is 2.65 bits per heavy atom. The van der Waals surface area contributed by atoms with Crippen LogP contribution < -0.4 is 0 Å². The molecule has 1 saturated heterocycles. The van der Waals surface area contributed by atoms with Gasteiger partial charge in [-0.1, -0.05) is 52.9 Å². The van der Waals surface area contributed by atoms with Crippen LogP contribution in [0.1, 0.15) is 5.56 Å². The second kappa shape index (κ2) is 6.92. The Kier molecular flexibility index (Phi) is 5.22. The van der Waals surface area contributed by atoms with Gasteiger partial charge in [-0.2, -0.15) is 0 Å². The zero-order valence-electron chi connectivity index (χ0n) is 11.1. The van der Waals surface area contributed by atoms with Crippen molar-refractivity contribution in [2.24, 2.45) is 5.92 Å². The highest BCUT2D eigenvalue weighted by Gasteiger charge is 2.39. The van der Waals surface area contributed by atoms with Gasteiger partial charge in [0.25, 0.3) is 0 Å². The van der Waals surface area contributed by atoms with Crippen molar-refractivity contribution >= 4 is 34.7 Å². The highest BCUT2D eigenvalue weighted by atomic mass is 127. The molecule has 0 spiro atoms. The average Bonchev–Trinajstić information content (AvgIpc) is 2.87. The van der Waals surface area contributed by atoms with Crippen molar-refractivity contribution in [3.05, 3.63) is 35.9 Å². The van der Waals surface area contributed by atoms with Crippen molar-refractivity contribution in [1.82, 2.24) is 4.90 Å². The minimum Gasteiger partial charge on any atom is -0.469 e. The number of rotatable bonds is 3. The molecule has 2 atom stereocenters. The van der Waals surface area contributed by atoms with Gasteiger partial charge in [-0.3, -0.25) is 4.79 Å². The summed E-state index contributed by atoms with van der Waals surface area (Å²) in [5, 5.41) is 0. The van der Waals surface area contributed by atoms with Crippen molar-refractivity contribution in [1.29, 1.82) is 0 Å². The van der Waals surface area contributed by atoms with Crippen LogP contribution in [0.3, 0.4) is 0 Å². The maximum Gasteiger partial charge on any atom is 0.410 e. The Morgan fingerprint density at radius 1 is 1.30 bits per heavy atom. The van der Waals surface area contributed by atoms with E-state index in [1.54, 1.807) is 4.90 Å². The first-order valence-electron chi connectivity index (χ1n) is 6.29. The number of methoxy groups -OCH3 is 1. The van der Waals surface area contributed by atoms with Gasteiger partial charge in [0.2, 0.25) is 0 Å². The molecule has 1 aliphatic heterocycles. The Hall–Kier alpha value is -1.31. The fraction of sp³-hybridized carbons (Fsp3) is 0.429. The molecule has 2 unspecified atom stereocenters. The van der Waals surface area contributed by atoms with Crippen molar-refractivity contribution in [3.63, 3.8) is 0 Å². The van der Waals surface area contributed by atoms with Gasteiger partial charge in [-0.05, 0) is 5.56 Å². The molecular formula is C14H16INO4. The van der Waals surface area contributed by atoms with Crippen LogP contribution in [0.4, 0.5) is 4.79 Å². The van der Waals surface area contributed by atoms with Crippen LogP contribution >= 0.6 is 22.6 Å². The summed E-state index contributed by atoms with van der Waals surface area (Å²) < 4.78 is 10.1. The van der Waals surface area contributed by atoms with Crippen LogP contribution in [0, 0.1) is 5.92 Å². The number of nitrogens with zero attached hydrogens (tertiary/aromatic N) is 1. The van der Waals surface area contributed by atoms with Gasteiger partial charge in [0, 0.05) is 17.0 Å². The number of benzene rings is 1. The molecule has 0 radical (unpaired) electrons. The molecule has 0 aromatic heterocycles. The van der Waals surface area contributed by atoms with E-state index in [1.165, 1.54) is 7.11 Å². The van der Waals surface area contributed by atoms with Crippen LogP contribution in [-0.4, -0.2) is 41.1 Å². The van der Waals surface area contributed by atoms with E-state index in [-0.39, 0.29) is 28.5 Å². The third-order valence-electron chi connectivity index (χ3n) is 3.22. The lowest BCUT2D eigenvalue weighted by Crippen LogP contribution is -2.30. The smallest absolute Gasteiger partial charge is 0.410 e. The fourth-order valence-electron chi connectivity index (χ4n) is 2.10. The number of esters is 1. The van der Waals surface area contributed by atoms with E-state index in [4.69, 9.17) is 9.47 Å². The van der Waals surface area contributed by atoms with Gasteiger partial charge < -0.3 is 14.4 Å². The van der Waals surface area contributed by atoms with Crippen LogP contribution in [0.5, 0.6) is 0 Å². The molecule has 1 aromatic rings. The molecule has 1 aliphatic rings. The van der Waals surface area contributed by atoms with Gasteiger partial charge >= 0.3 is 12.1 Å². The Balaban J connectivity index is 1.86. The van der Waals surface area contributed by atoms with Gasteiger partial charge in [0.05, 0.1) is 13.0 Å². The second-order valence-corrected chi connectivity index (χ2v) is 6.19. The SMILES string of the molecule is COC(=O)C1CN(C(=O)OCc2ccccc2)CC1I. The molecule has 0 aliphatic carbocycles. The van der Waals surface area contributed by atoms with E-state index in [9.17, 15) is 9.59 Å². The lowest BCUT2D eigenvalue weighted by Gasteiger charge is -2.15. The van der Waals surface area contributed by atoms with Gasteiger partial charge in [-0.15, -0.1) is 0 Å². The van der Waals surface area contributed by atoms with E-state index >= 15 is 0 Å². The molecule has 1 aromatic carbocycles. The highest BCUT2D eigenvalue weighted by Crippen LogP contribution is 2.25. The topological polar surface area (TPSA) is 55.8 Å². The monoisotopic (exact) mass is 389 g/mol. The summed E-state index contributed by atoms with van der Waals surface area (Å²) in [6.07, 6.45) is -0.387. The molecule has 2 rings (SSSR count). The molecule has 1 heterocycles. The third kappa shape index (κ3) is 3.62. The van der Waals surface area contributed by atoms with Crippen molar-refractivity contribution in [3.8, 4) is 0 Å². The number of alkyl halides is 1. The van der Waals surface area contributed by atoms with Crippen LogP contribution in [0.2, 0.25) is 0 Å². The number of carbonyl (C=O) groups is 2. The maximum atomic E-state index is 12.0. The number of carbonyl (C=O) groups excluding carboxylic acids is 2. The summed E-state index contributed by atoms with van der Waals surface area (Å²) in [7, 11) is 1.36. The predicted molar refractivity (Wildman–Crippen MR) is 81.5 cm³/mol. The Morgan fingerprint density at radius 2 is 2.00 bits per heavy atom. The van der Waals surface area contributed by atoms with Crippen molar-refractivity contribution < 1.29 is 19.1 Å². The Labute approximate surface area is 131 Å². The summed E-state index contributed by atoms with van der Waals surface area (Å²) in [4.78, 5) is 25.1. The van der Waals surface area contributed by atoms with Gasteiger partial charge in [0.15, 0.2) is 0 Å². The molecule has 5 nitrogen and oxygen atoms in total. The molecule has 0 saturated carbocycles. The fourth-order valence-corrected chi connectivity index (χ4v) is 3.09. The van der Waals surface area contributed by atoms with E-state index < -0.39 is 0 Å². The maximum absolute atomic E-state index is 12.0. The molecular weight excluding hydrogens is 373 g/mol. The van der Waals surface area contributed by atoms with E-state index in [1.807, 2.05) is 30.3 Å². The number of halogens is 1. The number of hydrogen-bond acceptors (Lipinski definition) is 4. The van der Waals surface area contributed by atoms with E-state index in [2.05, 4.69) is 22.6 Å². The summed E-state index contributed by atoms with van der Waals surface area (Å²) in [5.74, 6) is -0.548. The first-order valence-corrected chi connectivity index (χ1v) is 7.54. The zero-order valence-corrected chi connectivity index (χ0v) is 13.3. The van der Waals surface area contributed by atoms with Crippen LogP contribution in [0.25, 0.3) is 0 Å². The van der Waals surface area contributed by atoms with Gasteiger partial charge in [0.1, 0.15) is 6.61 Å². The second-order valence-electron chi connectivity index (χ2n) is 4.59. The minimum atomic E-state index is -0.387. The van der Waals surface area contributed by atoms with Crippen molar-refractivity contribution in [2.45, 2.75) is 10.5 Å². The molecule has 6 heteroatoms. The molecule has 1 amide bonds. The summed E-state index contributed by atoms with van der Waals surface area (Å²) in [5.41, 5.74) is 0.940. The van der Waals surface area contributed by atoms with Gasteiger partial charge in [-0.25, -0.2) is 4.79 Å². The normalized spacial score (nSPS) is 21.6. The summed E-state index contributed by atoms with van der Waals surface area (Å²) >= 11 is 2.17. The summed E-state index contributed by atoms with van der Waals surface area (Å²) in [6, 6.07) is 9.50. The summed E-state index contributed by atoms with van der Waals surface area (Å²) in [6.45, 7) is 1.10. The molecule has 1 fully saturated rings. The number of likely N-dealkylation sites (tertiary alicyclic amines) is 1. The molecule has 0 bridgehead atoms. The highest BCUT2D eigenvalue weighted by molar-refractivity contribution is 14.1. The quantitative estimate of drug-likeness (QED) is 0.452. The predicted octanol–water partition coefficient (Wildman–Crippen LogP) is 2.23. The lowest BCUT2D eigenvalue weighted by molar-refractivity contribution is -0.144. The average molecular weight is 389 g/mol. The largest absolute Gasteiger partial charge is 0.469 e.